The van der Waals surface area contributed by atoms with Crippen LogP contribution in [0.15, 0.2) is 67.0 Å². The molecule has 7 heteroatoms. The number of hydrogen-bond acceptors (Lipinski definition) is 6. The van der Waals surface area contributed by atoms with E-state index in [1.54, 1.807) is 23.9 Å². The van der Waals surface area contributed by atoms with E-state index in [-0.39, 0.29) is 25.9 Å². The summed E-state index contributed by atoms with van der Waals surface area (Å²) in [4.78, 5) is 4.16. The molecule has 0 spiro atoms. The van der Waals surface area contributed by atoms with Gasteiger partial charge in [-0.2, -0.15) is 0 Å². The first-order valence-corrected chi connectivity index (χ1v) is 11.1. The van der Waals surface area contributed by atoms with E-state index in [1.807, 2.05) is 67.6 Å². The maximum Gasteiger partial charge on any atom is 0.137 e. The third-order valence-corrected chi connectivity index (χ3v) is 5.18. The molecule has 7 nitrogen and oxygen atoms in total. The van der Waals surface area contributed by atoms with Crippen LogP contribution >= 0.6 is 0 Å². The summed E-state index contributed by atoms with van der Waals surface area (Å²) >= 11 is 0. The van der Waals surface area contributed by atoms with Gasteiger partial charge in [0.05, 0.1) is 19.3 Å². The lowest BCUT2D eigenvalue weighted by atomic mass is 10.0. The van der Waals surface area contributed by atoms with E-state index < -0.39 is 12.2 Å². The Bertz CT molecular complexity index is 996. The van der Waals surface area contributed by atoms with E-state index >= 15 is 0 Å². The molecule has 0 bridgehead atoms. The molecular weight excluding hydrogens is 420 g/mol. The van der Waals surface area contributed by atoms with Gasteiger partial charge >= 0.3 is 0 Å². The molecule has 0 radical (unpaired) electrons. The van der Waals surface area contributed by atoms with E-state index in [1.165, 1.54) is 0 Å². The van der Waals surface area contributed by atoms with Crippen molar-refractivity contribution in [2.45, 2.75) is 32.1 Å². The van der Waals surface area contributed by atoms with Gasteiger partial charge in [0, 0.05) is 19.0 Å². The lowest BCUT2D eigenvalue weighted by molar-refractivity contribution is 0.0164. The number of aliphatic hydroxyl groups is 3. The Morgan fingerprint density at radius 1 is 1.00 bits per heavy atom. The molecule has 3 atom stereocenters. The highest BCUT2D eigenvalue weighted by Crippen LogP contribution is 2.24. The predicted octanol–water partition coefficient (Wildman–Crippen LogP) is 3.63. The molecule has 176 valence electrons. The SMILES string of the molecule is CCOCC(O)COc1ccc(-c2ccc(/C=C/[C@@H](CO)n3ccnc3[C@H](C)O)cc2)cc1. The van der Waals surface area contributed by atoms with E-state index in [9.17, 15) is 15.3 Å². The molecular formula is C26H32N2O5. The zero-order valence-corrected chi connectivity index (χ0v) is 19.0. The van der Waals surface area contributed by atoms with Crippen molar-refractivity contribution in [1.82, 2.24) is 9.55 Å². The Kier molecular flexibility index (Phi) is 9.21. The van der Waals surface area contributed by atoms with Crippen LogP contribution < -0.4 is 4.74 Å². The van der Waals surface area contributed by atoms with Crippen LogP contribution in [0.4, 0.5) is 0 Å². The molecule has 0 saturated heterocycles. The molecule has 1 heterocycles. The van der Waals surface area contributed by atoms with Gasteiger partial charge in [-0.1, -0.05) is 48.6 Å². The first-order chi connectivity index (χ1) is 16.0. The van der Waals surface area contributed by atoms with Crippen molar-refractivity contribution in [2.24, 2.45) is 0 Å². The lowest BCUT2D eigenvalue weighted by Crippen LogP contribution is -2.23. The third-order valence-electron chi connectivity index (χ3n) is 5.18. The second-order valence-corrected chi connectivity index (χ2v) is 7.75. The van der Waals surface area contributed by atoms with Gasteiger partial charge in [-0.05, 0) is 42.7 Å². The molecule has 3 aromatic rings. The molecule has 1 aromatic heterocycles. The van der Waals surface area contributed by atoms with Gasteiger partial charge in [-0.3, -0.25) is 0 Å². The Morgan fingerprint density at radius 3 is 2.27 bits per heavy atom. The van der Waals surface area contributed by atoms with Crippen LogP contribution in [0.3, 0.4) is 0 Å². The fraction of sp³-hybridized carbons (Fsp3) is 0.346. The largest absolute Gasteiger partial charge is 0.491 e. The second-order valence-electron chi connectivity index (χ2n) is 7.75. The summed E-state index contributed by atoms with van der Waals surface area (Å²) in [5.74, 6) is 1.21. The molecule has 1 unspecified atom stereocenters. The fourth-order valence-electron chi connectivity index (χ4n) is 3.42. The number of ether oxygens (including phenoxy) is 2. The Morgan fingerprint density at radius 2 is 1.67 bits per heavy atom. The minimum absolute atomic E-state index is 0.0955. The quantitative estimate of drug-likeness (QED) is 0.388. The van der Waals surface area contributed by atoms with Gasteiger partial charge in [-0.25, -0.2) is 4.98 Å². The van der Waals surface area contributed by atoms with E-state index in [2.05, 4.69) is 4.98 Å². The minimum Gasteiger partial charge on any atom is -0.491 e. The van der Waals surface area contributed by atoms with Gasteiger partial charge in [-0.15, -0.1) is 0 Å². The molecule has 0 aliphatic heterocycles. The molecule has 2 aromatic carbocycles. The second kappa shape index (κ2) is 12.3. The maximum atomic E-state index is 9.85. The molecule has 0 amide bonds. The standard InChI is InChI=1S/C26H32N2O5/c1-3-32-17-24(31)18-33-25-12-9-22(10-13-25)21-7-4-20(5-8-21)6-11-23(16-29)28-15-14-27-26(28)19(2)30/h4-15,19,23-24,29-31H,3,16-18H2,1-2H3/b11-6+/t19-,23-,24?/m0/s1. The highest BCUT2D eigenvalue weighted by atomic mass is 16.5. The predicted molar refractivity (Wildman–Crippen MR) is 128 cm³/mol. The van der Waals surface area contributed by atoms with Crippen molar-refractivity contribution < 1.29 is 24.8 Å². The number of nitrogens with zero attached hydrogens (tertiary/aromatic N) is 2. The van der Waals surface area contributed by atoms with Gasteiger partial charge in [0.1, 0.15) is 30.4 Å². The molecule has 0 aliphatic rings. The topological polar surface area (TPSA) is 97.0 Å². The van der Waals surface area contributed by atoms with Crippen LogP contribution in [-0.2, 0) is 4.74 Å². The first-order valence-electron chi connectivity index (χ1n) is 11.1. The number of imidazole rings is 1. The Labute approximate surface area is 194 Å². The maximum absolute atomic E-state index is 9.85. The number of rotatable bonds is 12. The summed E-state index contributed by atoms with van der Waals surface area (Å²) in [5.41, 5.74) is 3.12. The summed E-state index contributed by atoms with van der Waals surface area (Å²) in [6, 6.07) is 15.5. The highest BCUT2D eigenvalue weighted by molar-refractivity contribution is 5.66. The van der Waals surface area contributed by atoms with Crippen molar-refractivity contribution in [2.75, 3.05) is 26.4 Å². The first kappa shape index (κ1) is 24.7. The normalized spacial score (nSPS) is 14.3. The summed E-state index contributed by atoms with van der Waals surface area (Å²) in [7, 11) is 0. The Balaban J connectivity index is 1.61. The van der Waals surface area contributed by atoms with E-state index in [0.717, 1.165) is 16.7 Å². The average molecular weight is 453 g/mol. The third kappa shape index (κ3) is 7.00. The summed E-state index contributed by atoms with van der Waals surface area (Å²) in [5, 5.41) is 29.4. The minimum atomic E-state index is -0.710. The van der Waals surface area contributed by atoms with Crippen LogP contribution in [0.2, 0.25) is 0 Å². The fourth-order valence-corrected chi connectivity index (χ4v) is 3.42. The van der Waals surface area contributed by atoms with Crippen LogP contribution in [0.1, 0.15) is 37.4 Å². The van der Waals surface area contributed by atoms with Crippen LogP contribution in [-0.4, -0.2) is 57.4 Å². The number of aliphatic hydroxyl groups excluding tert-OH is 3. The van der Waals surface area contributed by atoms with Gasteiger partial charge < -0.3 is 29.4 Å². The number of hydrogen-bond donors (Lipinski definition) is 3. The number of aromatic nitrogens is 2. The van der Waals surface area contributed by atoms with Crippen molar-refractivity contribution in [1.29, 1.82) is 0 Å². The molecule has 0 fully saturated rings. The zero-order chi connectivity index (χ0) is 23.6. The van der Waals surface area contributed by atoms with Crippen LogP contribution in [0.25, 0.3) is 17.2 Å². The summed E-state index contributed by atoms with van der Waals surface area (Å²) in [6.45, 7) is 4.46. The summed E-state index contributed by atoms with van der Waals surface area (Å²) in [6.07, 6.45) is 5.85. The molecule has 3 rings (SSSR count). The Hall–Kier alpha value is -2.97. The molecule has 3 N–H and O–H groups in total. The van der Waals surface area contributed by atoms with Crippen LogP contribution in [0.5, 0.6) is 5.75 Å². The molecule has 0 saturated carbocycles. The smallest absolute Gasteiger partial charge is 0.137 e. The lowest BCUT2D eigenvalue weighted by Gasteiger charge is -2.16. The van der Waals surface area contributed by atoms with E-state index in [0.29, 0.717) is 18.2 Å². The van der Waals surface area contributed by atoms with Gasteiger partial charge in [0.2, 0.25) is 0 Å². The zero-order valence-electron chi connectivity index (χ0n) is 19.0. The van der Waals surface area contributed by atoms with Crippen molar-refractivity contribution in [3.8, 4) is 16.9 Å². The molecule has 33 heavy (non-hydrogen) atoms. The van der Waals surface area contributed by atoms with E-state index in [4.69, 9.17) is 9.47 Å². The van der Waals surface area contributed by atoms with Crippen LogP contribution in [0, 0.1) is 0 Å². The molecule has 0 aliphatic carbocycles. The van der Waals surface area contributed by atoms with Gasteiger partial charge in [0.15, 0.2) is 0 Å². The van der Waals surface area contributed by atoms with Crippen molar-refractivity contribution >= 4 is 6.08 Å². The summed E-state index contributed by atoms with van der Waals surface area (Å²) < 4.78 is 12.6. The van der Waals surface area contributed by atoms with Crippen molar-refractivity contribution in [3.63, 3.8) is 0 Å². The monoisotopic (exact) mass is 452 g/mol. The highest BCUT2D eigenvalue weighted by Gasteiger charge is 2.14. The van der Waals surface area contributed by atoms with Crippen molar-refractivity contribution in [3.05, 3.63) is 78.4 Å². The average Bonchev–Trinajstić information content (AvgIpc) is 3.33. The van der Waals surface area contributed by atoms with Gasteiger partial charge in [0.25, 0.3) is 0 Å². The number of benzene rings is 2.